The summed E-state index contributed by atoms with van der Waals surface area (Å²) in [7, 11) is 0. The molecule has 3 nitrogen and oxygen atoms in total. The zero-order valence-corrected chi connectivity index (χ0v) is 13.6. The normalized spacial score (nSPS) is 13.8. The van der Waals surface area contributed by atoms with Gasteiger partial charge < -0.3 is 10.1 Å². The molecule has 0 aliphatic rings. The monoisotopic (exact) mass is 372 g/mol. The van der Waals surface area contributed by atoms with Crippen LogP contribution in [0.15, 0.2) is 11.4 Å². The number of thiophene rings is 1. The van der Waals surface area contributed by atoms with Crippen molar-refractivity contribution >= 4 is 11.3 Å². The summed E-state index contributed by atoms with van der Waals surface area (Å²) in [6.07, 6.45) is -11.9. The van der Waals surface area contributed by atoms with Gasteiger partial charge in [-0.3, -0.25) is 0 Å². The third-order valence-corrected chi connectivity index (χ3v) is 4.48. The van der Waals surface area contributed by atoms with Crippen molar-refractivity contribution in [2.24, 2.45) is 0 Å². The fraction of sp³-hybridized carbons (Fsp3) is 0.500. The molecule has 0 saturated heterocycles. The number of aliphatic hydroxyl groups is 1. The Balaban J connectivity index is 2.71. The number of rotatable bonds is 3. The van der Waals surface area contributed by atoms with Gasteiger partial charge >= 0.3 is 18.0 Å². The molecule has 134 valence electrons. The van der Waals surface area contributed by atoms with Crippen molar-refractivity contribution < 1.29 is 31.4 Å². The van der Waals surface area contributed by atoms with Gasteiger partial charge in [-0.1, -0.05) is 13.8 Å². The van der Waals surface area contributed by atoms with Gasteiger partial charge in [-0.15, -0.1) is 11.3 Å². The summed E-state index contributed by atoms with van der Waals surface area (Å²) in [5, 5.41) is 11.2. The second-order valence-corrected chi connectivity index (χ2v) is 6.61. The van der Waals surface area contributed by atoms with E-state index >= 15 is 0 Å². The van der Waals surface area contributed by atoms with Gasteiger partial charge in [0, 0.05) is 0 Å². The Bertz CT molecular complexity index is 714. The Labute approximate surface area is 137 Å². The van der Waals surface area contributed by atoms with Crippen molar-refractivity contribution in [1.29, 1.82) is 0 Å². The maximum Gasteiger partial charge on any atom is 0.433 e. The minimum Gasteiger partial charge on any atom is -0.367 e. The molecule has 0 fully saturated rings. The van der Waals surface area contributed by atoms with E-state index in [1.165, 1.54) is 0 Å². The number of hydrogen-bond acceptors (Lipinski definition) is 3. The molecule has 2 N–H and O–H groups in total. The maximum absolute atomic E-state index is 13.0. The van der Waals surface area contributed by atoms with Crippen LogP contribution in [0.3, 0.4) is 0 Å². The average Bonchev–Trinajstić information content (AvgIpc) is 3.00. The number of nitrogens with zero attached hydrogens (tertiary/aromatic N) is 1. The van der Waals surface area contributed by atoms with E-state index in [9.17, 15) is 31.4 Å². The van der Waals surface area contributed by atoms with Gasteiger partial charge in [0.1, 0.15) is 0 Å². The molecule has 0 aromatic carbocycles. The quantitative estimate of drug-likeness (QED) is 0.755. The van der Waals surface area contributed by atoms with Gasteiger partial charge in [-0.05, 0) is 29.9 Å². The van der Waals surface area contributed by atoms with Crippen molar-refractivity contribution in [2.75, 3.05) is 0 Å². The van der Waals surface area contributed by atoms with E-state index in [0.717, 1.165) is 16.9 Å². The number of nitrogens with one attached hydrogen (secondary N) is 1. The second-order valence-electron chi connectivity index (χ2n) is 5.69. The van der Waals surface area contributed by atoms with E-state index < -0.39 is 29.7 Å². The van der Waals surface area contributed by atoms with E-state index in [0.29, 0.717) is 4.88 Å². The molecule has 0 amide bonds. The molecule has 10 heteroatoms. The Kier molecular flexibility index (Phi) is 4.51. The molecule has 2 heterocycles. The van der Waals surface area contributed by atoms with E-state index in [1.807, 2.05) is 0 Å². The SMILES string of the molecule is Cc1csc(-c2[nH]c(C(O)(C(F)(F)F)C(F)(F)F)nc2C(C)C)c1. The van der Waals surface area contributed by atoms with Crippen molar-refractivity contribution in [2.45, 2.75) is 44.6 Å². The van der Waals surface area contributed by atoms with Crippen LogP contribution >= 0.6 is 11.3 Å². The fourth-order valence-electron chi connectivity index (χ4n) is 2.16. The van der Waals surface area contributed by atoms with Gasteiger partial charge in [0.2, 0.25) is 0 Å². The summed E-state index contributed by atoms with van der Waals surface area (Å²) in [5.41, 5.74) is -4.18. The topological polar surface area (TPSA) is 48.9 Å². The number of H-pyrrole nitrogens is 1. The van der Waals surface area contributed by atoms with Crippen LogP contribution in [0.4, 0.5) is 26.3 Å². The first kappa shape index (κ1) is 18.8. The smallest absolute Gasteiger partial charge is 0.367 e. The average molecular weight is 372 g/mol. The van der Waals surface area contributed by atoms with E-state index in [2.05, 4.69) is 9.97 Å². The van der Waals surface area contributed by atoms with Crippen LogP contribution in [0.1, 0.15) is 36.8 Å². The number of aromatic nitrogens is 2. The van der Waals surface area contributed by atoms with Gasteiger partial charge in [0.05, 0.1) is 16.3 Å². The minimum atomic E-state index is -5.97. The molecule has 0 aliphatic carbocycles. The highest BCUT2D eigenvalue weighted by Gasteiger charge is 2.73. The van der Waals surface area contributed by atoms with Gasteiger partial charge in [-0.25, -0.2) is 4.98 Å². The lowest BCUT2D eigenvalue weighted by Gasteiger charge is -2.30. The van der Waals surface area contributed by atoms with Crippen LogP contribution in [0.25, 0.3) is 10.6 Å². The van der Waals surface area contributed by atoms with Crippen LogP contribution in [0, 0.1) is 6.92 Å². The lowest BCUT2D eigenvalue weighted by atomic mass is 10.0. The number of imidazole rings is 1. The zero-order valence-electron chi connectivity index (χ0n) is 12.8. The zero-order chi connectivity index (χ0) is 18.5. The minimum absolute atomic E-state index is 0.0266. The van der Waals surface area contributed by atoms with Crippen LogP contribution < -0.4 is 0 Å². The molecule has 0 radical (unpaired) electrons. The van der Waals surface area contributed by atoms with E-state index in [4.69, 9.17) is 0 Å². The van der Waals surface area contributed by atoms with Crippen molar-refractivity contribution in [3.8, 4) is 10.6 Å². The Morgan fingerprint density at radius 3 is 2.04 bits per heavy atom. The first-order chi connectivity index (χ1) is 10.8. The molecular formula is C14H14F6N2OS. The van der Waals surface area contributed by atoms with Crippen molar-refractivity contribution in [1.82, 2.24) is 9.97 Å². The van der Waals surface area contributed by atoms with Gasteiger partial charge in [-0.2, -0.15) is 26.3 Å². The molecule has 0 bridgehead atoms. The number of alkyl halides is 6. The van der Waals surface area contributed by atoms with Crippen LogP contribution in [-0.4, -0.2) is 27.4 Å². The highest BCUT2D eigenvalue weighted by molar-refractivity contribution is 7.13. The molecule has 2 aromatic rings. The van der Waals surface area contributed by atoms with Gasteiger partial charge in [0.25, 0.3) is 0 Å². The molecule has 0 atom stereocenters. The lowest BCUT2D eigenvalue weighted by molar-refractivity contribution is -0.378. The first-order valence-electron chi connectivity index (χ1n) is 6.80. The Hall–Kier alpha value is -1.55. The van der Waals surface area contributed by atoms with Crippen molar-refractivity contribution in [3.63, 3.8) is 0 Å². The summed E-state index contributed by atoms with van der Waals surface area (Å²) in [5.74, 6) is -2.02. The summed E-state index contributed by atoms with van der Waals surface area (Å²) in [4.78, 5) is 5.96. The third-order valence-electron chi connectivity index (χ3n) is 3.42. The van der Waals surface area contributed by atoms with Crippen LogP contribution in [-0.2, 0) is 5.60 Å². The maximum atomic E-state index is 13.0. The Morgan fingerprint density at radius 2 is 1.67 bits per heavy atom. The number of aromatic amines is 1. The highest BCUT2D eigenvalue weighted by atomic mass is 32.1. The summed E-state index contributed by atoms with van der Waals surface area (Å²) in [6.45, 7) is 4.92. The molecular weight excluding hydrogens is 358 g/mol. The highest BCUT2D eigenvalue weighted by Crippen LogP contribution is 2.50. The van der Waals surface area contributed by atoms with Crippen molar-refractivity contribution in [3.05, 3.63) is 28.5 Å². The van der Waals surface area contributed by atoms with Crippen LogP contribution in [0.2, 0.25) is 0 Å². The van der Waals surface area contributed by atoms with Gasteiger partial charge in [0.15, 0.2) is 5.82 Å². The molecule has 0 saturated carbocycles. The third kappa shape index (κ3) is 2.92. The summed E-state index contributed by atoms with van der Waals surface area (Å²) in [6, 6.07) is 1.62. The lowest BCUT2D eigenvalue weighted by Crippen LogP contribution is -2.54. The predicted molar refractivity (Wildman–Crippen MR) is 76.7 cm³/mol. The first-order valence-corrected chi connectivity index (χ1v) is 7.68. The largest absolute Gasteiger partial charge is 0.433 e. The fourth-order valence-corrected chi connectivity index (χ4v) is 3.06. The van der Waals surface area contributed by atoms with E-state index in [-0.39, 0.29) is 11.4 Å². The molecule has 2 aromatic heterocycles. The molecule has 0 spiro atoms. The molecule has 24 heavy (non-hydrogen) atoms. The second kappa shape index (κ2) is 5.76. The summed E-state index contributed by atoms with van der Waals surface area (Å²) >= 11 is 1.16. The number of halogens is 6. The summed E-state index contributed by atoms with van der Waals surface area (Å²) < 4.78 is 78.0. The predicted octanol–water partition coefficient (Wildman–Crippen LogP) is 4.88. The molecule has 0 aliphatic heterocycles. The van der Waals surface area contributed by atoms with E-state index in [1.54, 1.807) is 32.2 Å². The molecule has 0 unspecified atom stereocenters. The number of aryl methyl sites for hydroxylation is 1. The Morgan fingerprint density at radius 1 is 1.12 bits per heavy atom. The standard InChI is InChI=1S/C14H14F6N2OS/c1-6(2)9-10(8-4-7(3)5-24-8)22-11(21-9)12(23,13(15,16)17)14(18,19)20/h4-6,23H,1-3H3,(H,21,22). The molecule has 2 rings (SSSR count). The number of hydrogen-bond donors (Lipinski definition) is 2. The van der Waals surface area contributed by atoms with Crippen LogP contribution in [0.5, 0.6) is 0 Å².